The lowest BCUT2D eigenvalue weighted by molar-refractivity contribution is -0.128. The van der Waals surface area contributed by atoms with Crippen LogP contribution in [-0.2, 0) is 11.2 Å². The number of ether oxygens (including phenoxy) is 1. The molecule has 4 nitrogen and oxygen atoms in total. The number of nitrogens with zero attached hydrogens (tertiary/aromatic N) is 1. The summed E-state index contributed by atoms with van der Waals surface area (Å²) in [4.78, 5) is 13.1. The van der Waals surface area contributed by atoms with Gasteiger partial charge in [0.25, 0.3) is 0 Å². The van der Waals surface area contributed by atoms with Gasteiger partial charge in [0, 0.05) is 26.6 Å². The van der Waals surface area contributed by atoms with E-state index in [1.165, 1.54) is 11.1 Å². The molecule has 0 saturated heterocycles. The molecule has 0 saturated carbocycles. The molecule has 0 aliphatic heterocycles. The van der Waals surface area contributed by atoms with Gasteiger partial charge in [-0.3, -0.25) is 4.79 Å². The first-order chi connectivity index (χ1) is 9.63. The Kier molecular flexibility index (Phi) is 5.01. The second kappa shape index (κ2) is 6.75. The van der Waals surface area contributed by atoms with Crippen molar-refractivity contribution in [2.24, 2.45) is 0 Å². The van der Waals surface area contributed by atoms with E-state index >= 15 is 0 Å². The molecular weight excluding hydrogens is 252 g/mol. The smallest absolute Gasteiger partial charge is 0.222 e. The van der Waals surface area contributed by atoms with Gasteiger partial charge in [-0.1, -0.05) is 12.1 Å². The van der Waals surface area contributed by atoms with E-state index in [-0.39, 0.29) is 5.91 Å². The summed E-state index contributed by atoms with van der Waals surface area (Å²) >= 11 is 0. The van der Waals surface area contributed by atoms with Crippen LogP contribution in [0.3, 0.4) is 0 Å². The number of hydrogen-bond acceptors (Lipinski definition) is 3. The van der Waals surface area contributed by atoms with Crippen molar-refractivity contribution in [3.8, 4) is 5.75 Å². The zero-order chi connectivity index (χ0) is 14.5. The second-order valence-corrected chi connectivity index (χ2v) is 5.44. The lowest BCUT2D eigenvalue weighted by atomic mass is 10.1. The monoisotopic (exact) mass is 276 g/mol. The molecule has 1 aromatic rings. The van der Waals surface area contributed by atoms with Gasteiger partial charge in [0.1, 0.15) is 5.75 Å². The van der Waals surface area contributed by atoms with E-state index in [9.17, 15) is 4.79 Å². The maximum absolute atomic E-state index is 11.5. The molecule has 0 heterocycles. The second-order valence-electron chi connectivity index (χ2n) is 5.44. The highest BCUT2D eigenvalue weighted by molar-refractivity contribution is 5.75. The Labute approximate surface area is 121 Å². The minimum atomic E-state index is 0.155. The van der Waals surface area contributed by atoms with Crippen LogP contribution >= 0.6 is 0 Å². The Morgan fingerprint density at radius 3 is 2.95 bits per heavy atom. The first kappa shape index (κ1) is 14.9. The molecule has 0 radical (unpaired) electrons. The number of carbonyl (C=O) groups is 1. The van der Waals surface area contributed by atoms with Crippen molar-refractivity contribution in [2.45, 2.75) is 31.7 Å². The Morgan fingerprint density at radius 2 is 2.25 bits per heavy atom. The third-order valence-corrected chi connectivity index (χ3v) is 3.87. The molecule has 20 heavy (non-hydrogen) atoms. The van der Waals surface area contributed by atoms with E-state index in [1.807, 2.05) is 13.1 Å². The highest BCUT2D eigenvalue weighted by Crippen LogP contribution is 2.36. The van der Waals surface area contributed by atoms with Gasteiger partial charge in [0.05, 0.1) is 6.61 Å². The lowest BCUT2D eigenvalue weighted by Gasteiger charge is -2.14. The third kappa shape index (κ3) is 3.31. The summed E-state index contributed by atoms with van der Waals surface area (Å²) in [5.41, 5.74) is 2.68. The Balaban J connectivity index is 1.89. The van der Waals surface area contributed by atoms with Crippen molar-refractivity contribution >= 4 is 5.91 Å². The maximum atomic E-state index is 11.5. The average molecular weight is 276 g/mol. The van der Waals surface area contributed by atoms with E-state index in [0.717, 1.165) is 25.0 Å². The number of rotatable bonds is 6. The average Bonchev–Trinajstić information content (AvgIpc) is 2.86. The van der Waals surface area contributed by atoms with Gasteiger partial charge < -0.3 is 15.0 Å². The molecule has 0 spiro atoms. The zero-order valence-corrected chi connectivity index (χ0v) is 12.6. The van der Waals surface area contributed by atoms with Gasteiger partial charge in [-0.05, 0) is 43.5 Å². The van der Waals surface area contributed by atoms with Crippen LogP contribution < -0.4 is 10.1 Å². The highest BCUT2D eigenvalue weighted by Gasteiger charge is 2.23. The van der Waals surface area contributed by atoms with Crippen LogP contribution in [0.4, 0.5) is 0 Å². The van der Waals surface area contributed by atoms with Crippen LogP contribution in [0.25, 0.3) is 0 Å². The first-order valence-electron chi connectivity index (χ1n) is 7.25. The van der Waals surface area contributed by atoms with E-state index in [1.54, 1.807) is 19.0 Å². The van der Waals surface area contributed by atoms with Crippen LogP contribution in [0.1, 0.15) is 36.4 Å². The maximum Gasteiger partial charge on any atom is 0.222 e. The van der Waals surface area contributed by atoms with Crippen LogP contribution in [0, 0.1) is 0 Å². The minimum absolute atomic E-state index is 0.155. The molecule has 0 bridgehead atoms. The molecular formula is C16H24N2O2. The van der Waals surface area contributed by atoms with Crippen LogP contribution in [0.5, 0.6) is 5.75 Å². The van der Waals surface area contributed by atoms with Crippen molar-refractivity contribution < 1.29 is 9.53 Å². The molecule has 0 aromatic heterocycles. The molecule has 1 N–H and O–H groups in total. The molecule has 0 fully saturated rings. The van der Waals surface area contributed by atoms with E-state index < -0.39 is 0 Å². The Morgan fingerprint density at radius 1 is 1.45 bits per heavy atom. The number of fused-ring (bicyclic) bond motifs is 1. The number of hydrogen-bond donors (Lipinski definition) is 1. The third-order valence-electron chi connectivity index (χ3n) is 3.87. The summed E-state index contributed by atoms with van der Waals surface area (Å²) in [6, 6.07) is 6.70. The van der Waals surface area contributed by atoms with Gasteiger partial charge in [-0.15, -0.1) is 0 Å². The molecule has 1 aliphatic rings. The first-order valence-corrected chi connectivity index (χ1v) is 7.25. The summed E-state index contributed by atoms with van der Waals surface area (Å²) in [5, 5.41) is 3.34. The van der Waals surface area contributed by atoms with E-state index in [2.05, 4.69) is 17.4 Å². The van der Waals surface area contributed by atoms with Crippen molar-refractivity contribution in [1.29, 1.82) is 0 Å². The van der Waals surface area contributed by atoms with Gasteiger partial charge in [0.15, 0.2) is 0 Å². The molecule has 1 aromatic carbocycles. The van der Waals surface area contributed by atoms with Crippen molar-refractivity contribution in [1.82, 2.24) is 10.2 Å². The molecule has 1 aliphatic carbocycles. The number of carbonyl (C=O) groups excluding carboxylic acids is 1. The predicted molar refractivity (Wildman–Crippen MR) is 80.0 cm³/mol. The topological polar surface area (TPSA) is 41.6 Å². The highest BCUT2D eigenvalue weighted by atomic mass is 16.5. The van der Waals surface area contributed by atoms with Gasteiger partial charge >= 0.3 is 0 Å². The van der Waals surface area contributed by atoms with Crippen LogP contribution in [0.15, 0.2) is 18.2 Å². The summed E-state index contributed by atoms with van der Waals surface area (Å²) < 4.78 is 5.87. The number of nitrogens with one attached hydrogen (secondary N) is 1. The van der Waals surface area contributed by atoms with Crippen LogP contribution in [-0.4, -0.2) is 38.6 Å². The normalized spacial score (nSPS) is 16.9. The van der Waals surface area contributed by atoms with Crippen molar-refractivity contribution in [2.75, 3.05) is 27.7 Å². The molecule has 110 valence electrons. The standard InChI is InChI=1S/C16H24N2O2/c1-17-14-10-9-13-12(14)6-4-7-15(13)20-11-5-8-16(19)18(2)3/h4,6-7,14,17H,5,8-11H2,1-3H3. The zero-order valence-electron chi connectivity index (χ0n) is 12.6. The predicted octanol–water partition coefficient (Wildman–Crippen LogP) is 2.14. The van der Waals surface area contributed by atoms with Gasteiger partial charge in [-0.25, -0.2) is 0 Å². The Hall–Kier alpha value is -1.55. The summed E-state index contributed by atoms with van der Waals surface area (Å²) in [7, 11) is 5.57. The molecule has 1 atom stereocenters. The van der Waals surface area contributed by atoms with E-state index in [0.29, 0.717) is 19.1 Å². The quantitative estimate of drug-likeness (QED) is 0.809. The van der Waals surface area contributed by atoms with Crippen molar-refractivity contribution in [3.63, 3.8) is 0 Å². The molecule has 2 rings (SSSR count). The van der Waals surface area contributed by atoms with Crippen LogP contribution in [0.2, 0.25) is 0 Å². The summed E-state index contributed by atoms with van der Waals surface area (Å²) in [6.07, 6.45) is 3.50. The molecule has 1 amide bonds. The van der Waals surface area contributed by atoms with Gasteiger partial charge in [-0.2, -0.15) is 0 Å². The molecule has 4 heteroatoms. The summed E-state index contributed by atoms with van der Waals surface area (Å²) in [5.74, 6) is 1.14. The van der Waals surface area contributed by atoms with E-state index in [4.69, 9.17) is 4.74 Å². The summed E-state index contributed by atoms with van der Waals surface area (Å²) in [6.45, 7) is 0.597. The fourth-order valence-corrected chi connectivity index (χ4v) is 2.68. The number of benzene rings is 1. The molecule has 1 unspecified atom stereocenters. The fourth-order valence-electron chi connectivity index (χ4n) is 2.68. The fraction of sp³-hybridized carbons (Fsp3) is 0.562. The minimum Gasteiger partial charge on any atom is -0.493 e. The Bertz CT molecular complexity index is 472. The van der Waals surface area contributed by atoms with Crippen molar-refractivity contribution in [3.05, 3.63) is 29.3 Å². The number of amides is 1. The lowest BCUT2D eigenvalue weighted by Crippen LogP contribution is -2.21. The SMILES string of the molecule is CNC1CCc2c(OCCCC(=O)N(C)C)cccc21. The van der Waals surface area contributed by atoms with Gasteiger partial charge in [0.2, 0.25) is 5.91 Å². The largest absolute Gasteiger partial charge is 0.493 e.